The molecule has 21 heteroatoms. The van der Waals surface area contributed by atoms with Crippen molar-refractivity contribution in [1.29, 1.82) is 0 Å². The molecule has 69 heavy (non-hydrogen) atoms. The first-order valence-electron chi connectivity index (χ1n) is 22.7. The van der Waals surface area contributed by atoms with Crippen LogP contribution in [0.2, 0.25) is 0 Å². The van der Waals surface area contributed by atoms with Crippen molar-refractivity contribution in [1.82, 2.24) is 36.9 Å². The molecule has 0 aliphatic rings. The van der Waals surface area contributed by atoms with Crippen LogP contribution in [0, 0.1) is 5.92 Å². The zero-order valence-electron chi connectivity index (χ0n) is 38.9. The first-order chi connectivity index (χ1) is 32.9. The molecule has 1 heterocycles. The lowest BCUT2D eigenvalue weighted by molar-refractivity contribution is -0.142. The van der Waals surface area contributed by atoms with Crippen LogP contribution in [0.4, 0.5) is 0 Å². The third-order valence-corrected chi connectivity index (χ3v) is 12.0. The fourth-order valence-electron chi connectivity index (χ4n) is 7.38. The summed E-state index contributed by atoms with van der Waals surface area (Å²) in [5.74, 6) is -6.39. The van der Waals surface area contributed by atoms with Crippen LogP contribution in [0.15, 0.2) is 79.0 Å². The number of phenols is 2. The Balaban J connectivity index is 1.56. The summed E-state index contributed by atoms with van der Waals surface area (Å²) in [4.78, 5) is 98.3. The Kier molecular flexibility index (Phi) is 21.8. The zero-order chi connectivity index (χ0) is 50.6. The number of carboxylic acid groups (broad SMARTS) is 1. The average molecular weight is 976 g/mol. The number of benzene rings is 3. The van der Waals surface area contributed by atoms with Crippen molar-refractivity contribution in [2.45, 2.75) is 101 Å². The van der Waals surface area contributed by atoms with Gasteiger partial charge in [0.25, 0.3) is 0 Å². The number of unbranched alkanes of at least 4 members (excludes halogenated alkanes) is 1. The van der Waals surface area contributed by atoms with Crippen molar-refractivity contribution < 1.29 is 54.0 Å². The molecule has 7 atom stereocenters. The van der Waals surface area contributed by atoms with Crippen molar-refractivity contribution in [3.8, 4) is 11.5 Å². The highest BCUT2D eigenvalue weighted by Crippen LogP contribution is 2.20. The minimum absolute atomic E-state index is 0.0144. The van der Waals surface area contributed by atoms with E-state index in [-0.39, 0.29) is 50.1 Å². The summed E-state index contributed by atoms with van der Waals surface area (Å²) >= 11 is 1.37. The van der Waals surface area contributed by atoms with E-state index in [1.165, 1.54) is 48.2 Å². The molecular weight excluding hydrogens is 911 g/mol. The third kappa shape index (κ3) is 17.1. The molecule has 20 nitrogen and oxygen atoms in total. The molecule has 0 aliphatic heterocycles. The molecule has 0 bridgehead atoms. The van der Waals surface area contributed by atoms with Gasteiger partial charge in [0.1, 0.15) is 47.8 Å². The molecule has 0 saturated carbocycles. The number of carbonyl (C=O) groups is 7. The number of thioether (sulfide) groups is 1. The lowest BCUT2D eigenvalue weighted by Crippen LogP contribution is -2.61. The number of aliphatic carboxylic acids is 1. The second-order valence-electron chi connectivity index (χ2n) is 17.0. The van der Waals surface area contributed by atoms with Gasteiger partial charge in [-0.25, -0.2) is 4.79 Å². The van der Waals surface area contributed by atoms with Gasteiger partial charge in [0.05, 0.1) is 12.6 Å². The summed E-state index contributed by atoms with van der Waals surface area (Å²) in [6.07, 6.45) is 4.35. The number of aromatic hydroxyl groups is 2. The quantitative estimate of drug-likeness (QED) is 0.0344. The zero-order valence-corrected chi connectivity index (χ0v) is 39.7. The number of nitrogens with one attached hydrogen (secondary N) is 7. The van der Waals surface area contributed by atoms with Crippen molar-refractivity contribution in [3.63, 3.8) is 0 Å². The van der Waals surface area contributed by atoms with Crippen molar-refractivity contribution >= 4 is 64.1 Å². The monoisotopic (exact) mass is 975 g/mol. The minimum atomic E-state index is -1.58. The highest BCUT2D eigenvalue weighted by molar-refractivity contribution is 7.98. The summed E-state index contributed by atoms with van der Waals surface area (Å²) in [5.41, 5.74) is 14.8. The predicted octanol–water partition coefficient (Wildman–Crippen LogP) is 0.458. The number of aromatic nitrogens is 1. The molecule has 3 aromatic carbocycles. The molecule has 0 saturated heterocycles. The molecule has 0 spiro atoms. The van der Waals surface area contributed by atoms with Gasteiger partial charge in [-0.2, -0.15) is 11.8 Å². The first kappa shape index (κ1) is 54.9. The molecule has 15 N–H and O–H groups in total. The van der Waals surface area contributed by atoms with E-state index in [1.54, 1.807) is 38.4 Å². The number of aliphatic hydroxyl groups is 1. The summed E-state index contributed by atoms with van der Waals surface area (Å²) in [5, 5.41) is 56.0. The van der Waals surface area contributed by atoms with Crippen molar-refractivity contribution in [3.05, 3.63) is 95.7 Å². The van der Waals surface area contributed by atoms with E-state index >= 15 is 0 Å². The Labute approximate surface area is 404 Å². The summed E-state index contributed by atoms with van der Waals surface area (Å²) in [6, 6.07) is 10.2. The Bertz CT molecular complexity index is 2350. The van der Waals surface area contributed by atoms with Gasteiger partial charge in [-0.15, -0.1) is 0 Å². The number of carboxylic acids is 1. The lowest BCUT2D eigenvalue weighted by Gasteiger charge is -2.29. The number of carbonyl (C=O) groups excluding carboxylic acids is 6. The number of hydrogen-bond acceptors (Lipinski definition) is 13. The van der Waals surface area contributed by atoms with Gasteiger partial charge >= 0.3 is 5.97 Å². The van der Waals surface area contributed by atoms with Crippen LogP contribution in [0.1, 0.15) is 56.2 Å². The highest BCUT2D eigenvalue weighted by Gasteiger charge is 2.35. The summed E-state index contributed by atoms with van der Waals surface area (Å²) in [7, 11) is 0. The lowest BCUT2D eigenvalue weighted by atomic mass is 9.98. The van der Waals surface area contributed by atoms with E-state index in [9.17, 15) is 54.0 Å². The maximum atomic E-state index is 14.3. The predicted molar refractivity (Wildman–Crippen MR) is 261 cm³/mol. The van der Waals surface area contributed by atoms with Gasteiger partial charge in [-0.05, 0) is 104 Å². The molecule has 0 radical (unpaired) electrons. The molecule has 0 unspecified atom stereocenters. The van der Waals surface area contributed by atoms with Crippen LogP contribution in [-0.4, -0.2) is 134 Å². The van der Waals surface area contributed by atoms with E-state index in [1.807, 2.05) is 24.3 Å². The van der Waals surface area contributed by atoms with Gasteiger partial charge in [0, 0.05) is 29.9 Å². The van der Waals surface area contributed by atoms with Gasteiger partial charge in [-0.3, -0.25) is 28.8 Å². The SMILES string of the molecule is CSCC[C@H](NC(=O)[C@H](CO)NC(=O)[C@H](CCCCN)NC(=O)[C@H](Cc1ccc(O)cc1)NC(=O)[C@@H](NC(=O)[C@H](Cc1ccc(O)cc1)NC(=O)[C@@H](N)Cc1c[nH]c2ccccc12)C(C)C)C(=O)O. The van der Waals surface area contributed by atoms with Crippen LogP contribution < -0.4 is 43.4 Å². The van der Waals surface area contributed by atoms with Gasteiger partial charge in [0.15, 0.2) is 0 Å². The van der Waals surface area contributed by atoms with E-state index in [4.69, 9.17) is 11.5 Å². The number of aromatic amines is 1. The Hall–Kier alpha value is -6.68. The van der Waals surface area contributed by atoms with Crippen LogP contribution in [-0.2, 0) is 52.8 Å². The maximum Gasteiger partial charge on any atom is 0.326 e. The number of phenolic OH excluding ortho intramolecular Hbond substituents is 2. The fraction of sp³-hybridized carbons (Fsp3) is 0.438. The molecule has 1 aromatic heterocycles. The largest absolute Gasteiger partial charge is 0.508 e. The van der Waals surface area contributed by atoms with Crippen LogP contribution in [0.5, 0.6) is 11.5 Å². The van der Waals surface area contributed by atoms with E-state index in [2.05, 4.69) is 36.9 Å². The van der Waals surface area contributed by atoms with Crippen LogP contribution in [0.25, 0.3) is 10.9 Å². The van der Waals surface area contributed by atoms with Crippen molar-refractivity contribution in [2.75, 3.05) is 25.2 Å². The summed E-state index contributed by atoms with van der Waals surface area (Å²) in [6.45, 7) is 2.69. The van der Waals surface area contributed by atoms with E-state index < -0.39 is 96.2 Å². The number of amides is 6. The molecule has 4 rings (SSSR count). The maximum absolute atomic E-state index is 14.3. The molecule has 4 aromatic rings. The van der Waals surface area contributed by atoms with Gasteiger partial charge in [0.2, 0.25) is 35.4 Å². The van der Waals surface area contributed by atoms with Crippen molar-refractivity contribution in [2.24, 2.45) is 17.4 Å². The number of rotatable bonds is 28. The molecule has 6 amide bonds. The number of hydrogen-bond donors (Lipinski definition) is 13. The smallest absolute Gasteiger partial charge is 0.326 e. The minimum Gasteiger partial charge on any atom is -0.508 e. The highest BCUT2D eigenvalue weighted by atomic mass is 32.2. The first-order valence-corrected chi connectivity index (χ1v) is 24.0. The number of nitrogens with two attached hydrogens (primary N) is 2. The Morgan fingerprint density at radius 1 is 0.623 bits per heavy atom. The Morgan fingerprint density at radius 2 is 1.13 bits per heavy atom. The average Bonchev–Trinajstić information content (AvgIpc) is 3.73. The molecule has 374 valence electrons. The molecular formula is C48H65N9O11S. The van der Waals surface area contributed by atoms with Crippen LogP contribution in [0.3, 0.4) is 0 Å². The number of H-pyrrole nitrogens is 1. The standard InChI is InChI=1S/C48H65N9O11S/c1-27(2)41(57-45(64)39(23-29-13-17-32(60)18-14-29)54-42(61)34(50)24-30-25-51-35-9-5-4-8-33(30)35)47(66)55-38(22-28-11-15-31(59)16-12-28)44(63)52-36(10-6-7-20-49)43(62)56-40(26-58)46(65)53-37(48(67)68)19-21-69-3/h4-5,8-9,11-18,25,27,34,36-41,51,58-60H,6-7,10,19-24,26,49-50H2,1-3H3,(H,52,63)(H,53,65)(H,54,61)(H,55,66)(H,56,62)(H,57,64)(H,67,68)/t34-,36-,37-,38-,39-,40-,41-/m0/s1. The number of aliphatic hydroxyl groups excluding tert-OH is 1. The topological polar surface area (TPSA) is 340 Å². The number of para-hydroxylation sites is 1. The molecule has 0 aliphatic carbocycles. The second-order valence-corrected chi connectivity index (χ2v) is 18.0. The van der Waals surface area contributed by atoms with Gasteiger partial charge in [-0.1, -0.05) is 56.3 Å². The van der Waals surface area contributed by atoms with Gasteiger partial charge < -0.3 is 68.8 Å². The Morgan fingerprint density at radius 3 is 1.68 bits per heavy atom. The van der Waals surface area contributed by atoms with Crippen LogP contribution >= 0.6 is 11.8 Å². The third-order valence-electron chi connectivity index (χ3n) is 11.3. The fourth-order valence-corrected chi connectivity index (χ4v) is 7.85. The van der Waals surface area contributed by atoms with E-state index in [0.29, 0.717) is 29.7 Å². The van der Waals surface area contributed by atoms with E-state index in [0.717, 1.165) is 16.5 Å². The summed E-state index contributed by atoms with van der Waals surface area (Å²) < 4.78 is 0. The normalized spacial score (nSPS) is 14.3. The second kappa shape index (κ2) is 27.3. The molecule has 0 fully saturated rings. The number of fused-ring (bicyclic) bond motifs is 1.